The summed E-state index contributed by atoms with van der Waals surface area (Å²) in [5, 5.41) is 0. The first-order valence-electron chi connectivity index (χ1n) is 13.6. The first-order valence-corrected chi connectivity index (χ1v) is 15.1. The molecule has 0 saturated carbocycles. The summed E-state index contributed by atoms with van der Waals surface area (Å²) in [5.41, 5.74) is 1.72. The summed E-state index contributed by atoms with van der Waals surface area (Å²) in [5.74, 6) is -0.157. The Labute approximate surface area is 254 Å². The predicted molar refractivity (Wildman–Crippen MR) is 161 cm³/mol. The van der Waals surface area contributed by atoms with E-state index in [1.807, 2.05) is 6.92 Å². The van der Waals surface area contributed by atoms with Gasteiger partial charge < -0.3 is 23.3 Å². The van der Waals surface area contributed by atoms with Gasteiger partial charge in [0.25, 0.3) is 0 Å². The molecule has 11 heteroatoms. The van der Waals surface area contributed by atoms with Crippen LogP contribution in [0.2, 0.25) is 0 Å². The van der Waals surface area contributed by atoms with Gasteiger partial charge in [-0.05, 0) is 91.9 Å². The minimum absolute atomic E-state index is 0.00915. The van der Waals surface area contributed by atoms with Gasteiger partial charge >= 0.3 is 16.1 Å². The van der Waals surface area contributed by atoms with Crippen molar-refractivity contribution in [1.82, 2.24) is 0 Å². The molecule has 0 bridgehead atoms. The summed E-state index contributed by atoms with van der Waals surface area (Å²) in [7, 11) is -2.45. The summed E-state index contributed by atoms with van der Waals surface area (Å²) in [6.45, 7) is 1.43. The van der Waals surface area contributed by atoms with Gasteiger partial charge in [0.15, 0.2) is 12.4 Å². The Morgan fingerprint density at radius 2 is 1.36 bits per heavy atom. The van der Waals surface area contributed by atoms with Crippen LogP contribution in [0.25, 0.3) is 0 Å². The molecule has 1 fully saturated rings. The number of nitrogens with zero attached hydrogens (tertiary/aromatic N) is 1. The molecule has 1 atom stereocenters. The highest BCUT2D eigenvalue weighted by atomic mass is 32.2. The van der Waals surface area contributed by atoms with E-state index in [1.54, 1.807) is 67.8 Å². The van der Waals surface area contributed by atoms with E-state index in [1.165, 1.54) is 41.3 Å². The van der Waals surface area contributed by atoms with E-state index in [9.17, 15) is 22.8 Å². The number of hydrogen-bond donors (Lipinski definition) is 0. The van der Waals surface area contributed by atoms with Crippen LogP contribution in [0.3, 0.4) is 0 Å². The largest absolute Gasteiger partial charge is 0.497 e. The predicted octanol–water partition coefficient (Wildman–Crippen LogP) is 5.34. The Hall–Kier alpha value is -5.16. The van der Waals surface area contributed by atoms with Gasteiger partial charge in [0.05, 0.1) is 13.0 Å². The fraction of sp³-hybridized carbons (Fsp3) is 0.182. The maximum absolute atomic E-state index is 12.7. The molecule has 1 aliphatic rings. The lowest BCUT2D eigenvalue weighted by Gasteiger charge is -2.17. The highest BCUT2D eigenvalue weighted by molar-refractivity contribution is 7.87. The molecule has 0 N–H and O–H groups in total. The standard InChI is InChI=1S/C33H29NO9S/c1-22-3-17-30(18-4-22)44(38,39)43-29-9-5-23(6-10-29)31(35)21-41-33(37)24-19-32(36)34(20-24)25-7-11-27(12-8-25)42-28-15-13-26(40-2)14-16-28/h3-18,24H,19-21H2,1-2H3/t24-/m0/s1. The fourth-order valence-corrected chi connectivity index (χ4v) is 5.43. The molecule has 1 amide bonds. The minimum Gasteiger partial charge on any atom is -0.497 e. The Kier molecular flexibility index (Phi) is 8.96. The van der Waals surface area contributed by atoms with Crippen LogP contribution in [0.5, 0.6) is 23.0 Å². The Bertz CT molecular complexity index is 1750. The van der Waals surface area contributed by atoms with Crippen LogP contribution in [0.4, 0.5) is 5.69 Å². The maximum Gasteiger partial charge on any atom is 0.339 e. The molecule has 4 aromatic rings. The first-order chi connectivity index (χ1) is 21.1. The molecule has 5 rings (SSSR count). The first kappa shape index (κ1) is 30.3. The Morgan fingerprint density at radius 3 is 1.98 bits per heavy atom. The number of carbonyl (C=O) groups is 3. The lowest BCUT2D eigenvalue weighted by molar-refractivity contribution is -0.147. The zero-order chi connectivity index (χ0) is 31.3. The smallest absolute Gasteiger partial charge is 0.339 e. The van der Waals surface area contributed by atoms with Crippen molar-refractivity contribution < 1.29 is 41.2 Å². The van der Waals surface area contributed by atoms with Crippen molar-refractivity contribution in [2.75, 3.05) is 25.2 Å². The third-order valence-electron chi connectivity index (χ3n) is 6.94. The average Bonchev–Trinajstić information content (AvgIpc) is 3.42. The van der Waals surface area contributed by atoms with Crippen molar-refractivity contribution in [3.63, 3.8) is 0 Å². The second-order valence-corrected chi connectivity index (χ2v) is 11.6. The van der Waals surface area contributed by atoms with Gasteiger partial charge in [-0.15, -0.1) is 0 Å². The quantitative estimate of drug-likeness (QED) is 0.125. The van der Waals surface area contributed by atoms with E-state index in [-0.39, 0.29) is 35.1 Å². The van der Waals surface area contributed by atoms with Gasteiger partial charge in [-0.1, -0.05) is 17.7 Å². The highest BCUT2D eigenvalue weighted by Gasteiger charge is 2.36. The number of rotatable bonds is 11. The van der Waals surface area contributed by atoms with Gasteiger partial charge in [0.1, 0.15) is 27.9 Å². The number of carbonyl (C=O) groups excluding carboxylic acids is 3. The second-order valence-electron chi connectivity index (χ2n) is 10.1. The number of ketones is 1. The molecular weight excluding hydrogens is 586 g/mol. The van der Waals surface area contributed by atoms with Crippen molar-refractivity contribution in [3.8, 4) is 23.0 Å². The van der Waals surface area contributed by atoms with Crippen LogP contribution in [-0.4, -0.2) is 46.3 Å². The summed E-state index contributed by atoms with van der Waals surface area (Å²) >= 11 is 0. The monoisotopic (exact) mass is 615 g/mol. The number of methoxy groups -OCH3 is 1. The van der Waals surface area contributed by atoms with Crippen molar-refractivity contribution in [3.05, 3.63) is 108 Å². The number of benzene rings is 4. The molecule has 4 aromatic carbocycles. The van der Waals surface area contributed by atoms with Crippen molar-refractivity contribution in [2.45, 2.75) is 18.2 Å². The number of anilines is 1. The molecule has 0 aromatic heterocycles. The molecule has 226 valence electrons. The Morgan fingerprint density at radius 1 is 0.795 bits per heavy atom. The van der Waals surface area contributed by atoms with E-state index in [4.69, 9.17) is 18.4 Å². The zero-order valence-electron chi connectivity index (χ0n) is 24.0. The van der Waals surface area contributed by atoms with Gasteiger partial charge in [-0.3, -0.25) is 14.4 Å². The van der Waals surface area contributed by atoms with Gasteiger partial charge in [-0.2, -0.15) is 8.42 Å². The third kappa shape index (κ3) is 7.24. The fourth-order valence-electron chi connectivity index (χ4n) is 4.50. The zero-order valence-corrected chi connectivity index (χ0v) is 24.8. The molecule has 1 saturated heterocycles. The summed E-state index contributed by atoms with van der Waals surface area (Å²) < 4.78 is 46.3. The number of Topliss-reactive ketones (excluding diaryl/α,β-unsaturated/α-hetero) is 1. The van der Waals surface area contributed by atoms with Crippen LogP contribution in [0.1, 0.15) is 22.3 Å². The SMILES string of the molecule is COc1ccc(Oc2ccc(N3C[C@@H](C(=O)OCC(=O)c4ccc(OS(=O)(=O)c5ccc(C)cc5)cc4)CC3=O)cc2)cc1. The van der Waals surface area contributed by atoms with Gasteiger partial charge in [0, 0.05) is 24.2 Å². The van der Waals surface area contributed by atoms with Crippen LogP contribution in [0, 0.1) is 12.8 Å². The highest BCUT2D eigenvalue weighted by Crippen LogP contribution is 2.30. The van der Waals surface area contributed by atoms with E-state index in [2.05, 4.69) is 0 Å². The second kappa shape index (κ2) is 13.0. The summed E-state index contributed by atoms with van der Waals surface area (Å²) in [6.07, 6.45) is -0.0430. The number of amides is 1. The average molecular weight is 616 g/mol. The topological polar surface area (TPSA) is 126 Å². The molecule has 44 heavy (non-hydrogen) atoms. The summed E-state index contributed by atoms with van der Waals surface area (Å²) in [4.78, 5) is 39.5. The number of ether oxygens (including phenoxy) is 3. The number of hydrogen-bond acceptors (Lipinski definition) is 9. The third-order valence-corrected chi connectivity index (χ3v) is 8.20. The lowest BCUT2D eigenvalue weighted by atomic mass is 10.1. The van der Waals surface area contributed by atoms with Crippen LogP contribution in [-0.2, 0) is 24.4 Å². The van der Waals surface area contributed by atoms with E-state index in [0.717, 1.165) is 5.56 Å². The molecular formula is C33H29NO9S. The molecule has 0 aliphatic carbocycles. The van der Waals surface area contributed by atoms with Crippen molar-refractivity contribution in [1.29, 1.82) is 0 Å². The van der Waals surface area contributed by atoms with Crippen LogP contribution >= 0.6 is 0 Å². The molecule has 0 radical (unpaired) electrons. The van der Waals surface area contributed by atoms with E-state index >= 15 is 0 Å². The molecule has 0 spiro atoms. The van der Waals surface area contributed by atoms with E-state index < -0.39 is 34.4 Å². The summed E-state index contributed by atoms with van der Waals surface area (Å²) in [6, 6.07) is 25.7. The normalized spacial score (nSPS) is 14.6. The van der Waals surface area contributed by atoms with Crippen LogP contribution in [0.15, 0.2) is 102 Å². The number of aryl methyl sites for hydroxylation is 1. The van der Waals surface area contributed by atoms with E-state index in [0.29, 0.717) is 22.9 Å². The molecule has 0 unspecified atom stereocenters. The molecule has 1 aliphatic heterocycles. The molecule has 1 heterocycles. The van der Waals surface area contributed by atoms with Crippen molar-refractivity contribution >= 4 is 33.5 Å². The van der Waals surface area contributed by atoms with Crippen LogP contribution < -0.4 is 18.6 Å². The number of esters is 1. The molecule has 10 nitrogen and oxygen atoms in total. The minimum atomic E-state index is -4.04. The lowest BCUT2D eigenvalue weighted by Crippen LogP contribution is -2.27. The van der Waals surface area contributed by atoms with Crippen molar-refractivity contribution in [2.24, 2.45) is 5.92 Å². The van der Waals surface area contributed by atoms with Gasteiger partial charge in [-0.25, -0.2) is 0 Å². The maximum atomic E-state index is 12.7. The Balaban J connectivity index is 1.11. The van der Waals surface area contributed by atoms with Gasteiger partial charge in [0.2, 0.25) is 5.91 Å².